The van der Waals surface area contributed by atoms with Gasteiger partial charge < -0.3 is 15.4 Å². The van der Waals surface area contributed by atoms with Gasteiger partial charge in [0.25, 0.3) is 5.91 Å². The summed E-state index contributed by atoms with van der Waals surface area (Å²) in [4.78, 5) is 30.5. The summed E-state index contributed by atoms with van der Waals surface area (Å²) < 4.78 is 41.4. The molecule has 3 N–H and O–H groups in total. The van der Waals surface area contributed by atoms with Gasteiger partial charge in [-0.15, -0.1) is 0 Å². The third-order valence-corrected chi connectivity index (χ3v) is 6.60. The van der Waals surface area contributed by atoms with Crippen molar-refractivity contribution in [3.8, 4) is 22.8 Å². The lowest BCUT2D eigenvalue weighted by molar-refractivity contribution is -0.138. The summed E-state index contributed by atoms with van der Waals surface area (Å²) in [5.74, 6) is -1.11. The van der Waals surface area contributed by atoms with Crippen LogP contribution in [0, 0.1) is 0 Å². The summed E-state index contributed by atoms with van der Waals surface area (Å²) in [6, 6.07) is 16.6. The van der Waals surface area contributed by atoms with Crippen LogP contribution in [0.5, 0.6) is 0 Å². The number of carbonyl (C=O) groups is 2. The molecule has 0 atom stereocenters. The largest absolute Gasteiger partial charge is 0.481 e. The van der Waals surface area contributed by atoms with Crippen molar-refractivity contribution >= 4 is 46.1 Å². The van der Waals surface area contributed by atoms with Crippen LogP contribution in [-0.4, -0.2) is 43.3 Å². The zero-order valence-corrected chi connectivity index (χ0v) is 22.5. The molecule has 0 saturated heterocycles. The molecule has 210 valence electrons. The number of hydrogen-bond acceptors (Lipinski definition) is 4. The predicted octanol–water partition coefficient (Wildman–Crippen LogP) is 6.67. The SMILES string of the molecule is O=C(O)CCNC(=O)c1ccc(Cn2nc(-c3cc(Cl)cc(Cl)c3)cc2-c2nc3cc(C(F)(F)F)ccc3[nH]2)cc1. The first-order valence-electron chi connectivity index (χ1n) is 12.2. The maximum absolute atomic E-state index is 13.3. The van der Waals surface area contributed by atoms with E-state index in [0.29, 0.717) is 43.9 Å². The highest BCUT2D eigenvalue weighted by Crippen LogP contribution is 2.33. The molecule has 3 aromatic carbocycles. The van der Waals surface area contributed by atoms with E-state index in [4.69, 9.17) is 33.4 Å². The Balaban J connectivity index is 1.49. The van der Waals surface area contributed by atoms with Gasteiger partial charge in [0.15, 0.2) is 5.82 Å². The molecule has 13 heteroatoms. The molecule has 5 aromatic rings. The predicted molar refractivity (Wildman–Crippen MR) is 148 cm³/mol. The second-order valence-electron chi connectivity index (χ2n) is 9.14. The monoisotopic (exact) mass is 601 g/mol. The Morgan fingerprint density at radius 2 is 1.68 bits per heavy atom. The van der Waals surface area contributed by atoms with Crippen LogP contribution in [0.15, 0.2) is 66.7 Å². The lowest BCUT2D eigenvalue weighted by atomic mass is 10.1. The third-order valence-electron chi connectivity index (χ3n) is 6.16. The molecule has 0 bridgehead atoms. The van der Waals surface area contributed by atoms with E-state index in [2.05, 4.69) is 15.3 Å². The van der Waals surface area contributed by atoms with E-state index in [0.717, 1.165) is 17.7 Å². The van der Waals surface area contributed by atoms with Gasteiger partial charge in [-0.3, -0.25) is 14.3 Å². The van der Waals surface area contributed by atoms with Crippen molar-refractivity contribution in [1.82, 2.24) is 25.1 Å². The minimum Gasteiger partial charge on any atom is -0.481 e. The number of benzene rings is 3. The van der Waals surface area contributed by atoms with E-state index in [1.54, 1.807) is 53.2 Å². The van der Waals surface area contributed by atoms with E-state index in [9.17, 15) is 22.8 Å². The number of carboxylic acids is 1. The number of hydrogen-bond donors (Lipinski definition) is 3. The molecule has 8 nitrogen and oxygen atoms in total. The van der Waals surface area contributed by atoms with Crippen LogP contribution in [-0.2, 0) is 17.5 Å². The number of nitrogens with zero attached hydrogens (tertiary/aromatic N) is 3. The second kappa shape index (κ2) is 11.3. The fourth-order valence-electron chi connectivity index (χ4n) is 4.19. The van der Waals surface area contributed by atoms with Crippen LogP contribution in [0.1, 0.15) is 27.9 Å². The Kier molecular flexibility index (Phi) is 7.74. The number of halogens is 5. The number of alkyl halides is 3. The van der Waals surface area contributed by atoms with Crippen molar-refractivity contribution in [1.29, 1.82) is 0 Å². The Bertz CT molecular complexity index is 1740. The average molecular weight is 602 g/mol. The molecule has 1 amide bonds. The van der Waals surface area contributed by atoms with Crippen LogP contribution in [0.25, 0.3) is 33.8 Å². The van der Waals surface area contributed by atoms with E-state index in [1.165, 1.54) is 6.07 Å². The number of nitrogens with one attached hydrogen (secondary N) is 2. The van der Waals surface area contributed by atoms with Crippen LogP contribution < -0.4 is 5.32 Å². The number of aliphatic carboxylic acids is 1. The zero-order chi connectivity index (χ0) is 29.3. The fourth-order valence-corrected chi connectivity index (χ4v) is 4.72. The first-order chi connectivity index (χ1) is 19.5. The number of carboxylic acid groups (broad SMARTS) is 1. The number of imidazole rings is 1. The molecule has 2 aromatic heterocycles. The number of fused-ring (bicyclic) bond motifs is 1. The summed E-state index contributed by atoms with van der Waals surface area (Å²) in [6.07, 6.45) is -4.70. The number of H-pyrrole nitrogens is 1. The molecule has 0 spiro atoms. The van der Waals surface area contributed by atoms with Crippen molar-refractivity contribution in [2.45, 2.75) is 19.1 Å². The molecule has 0 aliphatic carbocycles. The van der Waals surface area contributed by atoms with Gasteiger partial charge in [-0.1, -0.05) is 35.3 Å². The normalized spacial score (nSPS) is 11.6. The van der Waals surface area contributed by atoms with E-state index in [-0.39, 0.29) is 25.0 Å². The maximum Gasteiger partial charge on any atom is 0.416 e. The van der Waals surface area contributed by atoms with Crippen LogP contribution in [0.3, 0.4) is 0 Å². The summed E-state index contributed by atoms with van der Waals surface area (Å²) in [6.45, 7) is 0.236. The Morgan fingerprint density at radius 3 is 2.34 bits per heavy atom. The first kappa shape index (κ1) is 28.2. The standard InChI is InChI=1S/C28H20Cl2F3N5O3/c29-19-9-17(10-20(30)12-19)22-13-24(26-35-21-6-5-18(28(31,32)33)11-23(21)36-26)38(37-22)14-15-1-3-16(4-2-15)27(41)34-8-7-25(39)40/h1-6,9-13H,7-8,14H2,(H,34,41)(H,35,36)(H,39,40). The first-order valence-corrected chi connectivity index (χ1v) is 12.9. The summed E-state index contributed by atoms with van der Waals surface area (Å²) >= 11 is 12.4. The number of rotatable bonds is 8. The Morgan fingerprint density at radius 1 is 0.976 bits per heavy atom. The highest BCUT2D eigenvalue weighted by Gasteiger charge is 2.31. The smallest absolute Gasteiger partial charge is 0.416 e. The Labute approximate surface area is 240 Å². The Hall–Kier alpha value is -4.35. The maximum atomic E-state index is 13.3. The summed E-state index contributed by atoms with van der Waals surface area (Å²) in [7, 11) is 0. The van der Waals surface area contributed by atoms with Gasteiger partial charge in [0.05, 0.1) is 35.3 Å². The third kappa shape index (κ3) is 6.53. The van der Waals surface area contributed by atoms with Gasteiger partial charge in [-0.2, -0.15) is 18.3 Å². The average Bonchev–Trinajstić information content (AvgIpc) is 3.51. The lowest BCUT2D eigenvalue weighted by Crippen LogP contribution is -2.25. The van der Waals surface area contributed by atoms with Crippen molar-refractivity contribution in [3.63, 3.8) is 0 Å². The molecule has 2 heterocycles. The van der Waals surface area contributed by atoms with Crippen LogP contribution in [0.2, 0.25) is 10.0 Å². The lowest BCUT2D eigenvalue weighted by Gasteiger charge is -2.08. The minimum absolute atomic E-state index is 0.00479. The molecule has 5 rings (SSSR count). The number of carbonyl (C=O) groups excluding carboxylic acids is 1. The number of aromatic nitrogens is 4. The molecular formula is C28H20Cl2F3N5O3. The van der Waals surface area contributed by atoms with Gasteiger partial charge >= 0.3 is 12.1 Å². The van der Waals surface area contributed by atoms with Gasteiger partial charge in [-0.25, -0.2) is 4.98 Å². The topological polar surface area (TPSA) is 113 Å². The summed E-state index contributed by atoms with van der Waals surface area (Å²) in [5.41, 5.74) is 2.52. The van der Waals surface area contributed by atoms with E-state index >= 15 is 0 Å². The molecule has 41 heavy (non-hydrogen) atoms. The molecule has 0 radical (unpaired) electrons. The quantitative estimate of drug-likeness (QED) is 0.184. The van der Waals surface area contributed by atoms with Crippen molar-refractivity contribution in [2.24, 2.45) is 0 Å². The molecular weight excluding hydrogens is 582 g/mol. The van der Waals surface area contributed by atoms with Gasteiger partial charge in [0, 0.05) is 27.7 Å². The van der Waals surface area contributed by atoms with Crippen LogP contribution in [0.4, 0.5) is 13.2 Å². The van der Waals surface area contributed by atoms with Gasteiger partial charge in [0.2, 0.25) is 0 Å². The highest BCUT2D eigenvalue weighted by molar-refractivity contribution is 6.35. The van der Waals surface area contributed by atoms with Gasteiger partial charge in [-0.05, 0) is 60.2 Å². The molecule has 0 aliphatic heterocycles. The summed E-state index contributed by atoms with van der Waals surface area (Å²) in [5, 5.41) is 16.8. The van der Waals surface area contributed by atoms with E-state index < -0.39 is 23.6 Å². The number of amides is 1. The van der Waals surface area contributed by atoms with Crippen LogP contribution >= 0.6 is 23.2 Å². The number of aromatic amines is 1. The molecule has 0 fully saturated rings. The minimum atomic E-state index is -4.51. The molecule has 0 saturated carbocycles. The zero-order valence-electron chi connectivity index (χ0n) is 21.0. The fraction of sp³-hybridized carbons (Fsp3) is 0.143. The molecule has 0 aliphatic rings. The van der Waals surface area contributed by atoms with Crippen molar-refractivity contribution in [2.75, 3.05) is 6.54 Å². The van der Waals surface area contributed by atoms with Gasteiger partial charge in [0.1, 0.15) is 5.69 Å². The highest BCUT2D eigenvalue weighted by atomic mass is 35.5. The molecule has 0 unspecified atom stereocenters. The van der Waals surface area contributed by atoms with Crippen molar-refractivity contribution < 1.29 is 27.9 Å². The second-order valence-corrected chi connectivity index (χ2v) is 10.0. The van der Waals surface area contributed by atoms with E-state index in [1.807, 2.05) is 0 Å². The van der Waals surface area contributed by atoms with Crippen molar-refractivity contribution in [3.05, 3.63) is 93.5 Å².